The van der Waals surface area contributed by atoms with E-state index in [-0.39, 0.29) is 5.41 Å². The molecule has 7 aromatic carbocycles. The first-order chi connectivity index (χ1) is 30.6. The fraction of sp³-hybridized carbons (Fsp3) is 0.105. The molecule has 0 unspecified atom stereocenters. The van der Waals surface area contributed by atoms with Crippen LogP contribution in [-0.4, -0.2) is 19.9 Å². The Balaban J connectivity index is 0.948. The van der Waals surface area contributed by atoms with Gasteiger partial charge in [-0.2, -0.15) is 5.26 Å². The maximum absolute atomic E-state index is 9.93. The minimum absolute atomic E-state index is 0.0195. The molecule has 2 aliphatic carbocycles. The quantitative estimate of drug-likeness (QED) is 0.161. The number of fused-ring (bicyclic) bond motifs is 5. The first-order valence-corrected chi connectivity index (χ1v) is 21.5. The highest BCUT2D eigenvalue weighted by molar-refractivity contribution is 5.94. The Hall–Kier alpha value is -7.81. The molecule has 2 aromatic heterocycles. The van der Waals surface area contributed by atoms with Gasteiger partial charge in [-0.3, -0.25) is 4.98 Å². The molecule has 1 saturated carbocycles. The van der Waals surface area contributed by atoms with Crippen LogP contribution in [0.15, 0.2) is 188 Å². The molecule has 294 valence electrons. The molecule has 9 aromatic rings. The van der Waals surface area contributed by atoms with Gasteiger partial charge in [-0.25, -0.2) is 15.0 Å². The molecule has 0 N–H and O–H groups in total. The van der Waals surface area contributed by atoms with Gasteiger partial charge in [0.1, 0.15) is 0 Å². The molecule has 1 fully saturated rings. The van der Waals surface area contributed by atoms with Gasteiger partial charge in [0.2, 0.25) is 0 Å². The first kappa shape index (κ1) is 37.2. The Kier molecular flexibility index (Phi) is 9.40. The van der Waals surface area contributed by atoms with Crippen LogP contribution in [0, 0.1) is 11.3 Å². The van der Waals surface area contributed by atoms with Crippen molar-refractivity contribution in [2.75, 3.05) is 0 Å². The zero-order chi connectivity index (χ0) is 41.5. The van der Waals surface area contributed by atoms with Crippen LogP contribution >= 0.6 is 0 Å². The van der Waals surface area contributed by atoms with Crippen molar-refractivity contribution in [2.45, 2.75) is 37.5 Å². The third kappa shape index (κ3) is 6.67. The van der Waals surface area contributed by atoms with Gasteiger partial charge in [-0.15, -0.1) is 0 Å². The molecule has 2 heterocycles. The lowest BCUT2D eigenvalue weighted by atomic mass is 9.67. The Morgan fingerprint density at radius 1 is 0.403 bits per heavy atom. The third-order valence-electron chi connectivity index (χ3n) is 12.8. The summed E-state index contributed by atoms with van der Waals surface area (Å²) in [6.07, 6.45) is 9.70. The molecule has 11 rings (SSSR count). The summed E-state index contributed by atoms with van der Waals surface area (Å²) in [4.78, 5) is 19.4. The SMILES string of the molecule is N#Cc1ccc2c(c1)-c1c(-c3cccc(-c4cccc(-c5cccc(-c6nc(-c7ccccc7)nc(-c7ccc(-c8cccnc8)cc7)n6)c5)c4)c3)cccc1C21CCCCC1. The number of nitrogens with zero attached hydrogens (tertiary/aromatic N) is 5. The highest BCUT2D eigenvalue weighted by atomic mass is 15.0. The van der Waals surface area contributed by atoms with Crippen LogP contribution in [0.2, 0.25) is 0 Å². The van der Waals surface area contributed by atoms with E-state index in [1.54, 1.807) is 6.20 Å². The zero-order valence-corrected chi connectivity index (χ0v) is 34.2. The predicted molar refractivity (Wildman–Crippen MR) is 250 cm³/mol. The van der Waals surface area contributed by atoms with Crippen LogP contribution in [-0.2, 0) is 5.41 Å². The molecule has 0 bridgehead atoms. The maximum Gasteiger partial charge on any atom is 0.164 e. The Bertz CT molecular complexity index is 3160. The van der Waals surface area contributed by atoms with Gasteiger partial charge < -0.3 is 0 Å². The normalized spacial score (nSPS) is 13.6. The van der Waals surface area contributed by atoms with Crippen molar-refractivity contribution in [2.24, 2.45) is 0 Å². The lowest BCUT2D eigenvalue weighted by molar-refractivity contribution is 0.353. The van der Waals surface area contributed by atoms with E-state index in [4.69, 9.17) is 15.0 Å². The number of rotatable bonds is 7. The van der Waals surface area contributed by atoms with E-state index in [1.807, 2.05) is 48.7 Å². The van der Waals surface area contributed by atoms with E-state index in [0.717, 1.165) is 62.9 Å². The standard InChI is InChI=1S/C57H41N5/c58-36-38-23-28-51-50(32-38)53-49(21-10-22-52(53)57(51)29-5-2-6-30-57)46-18-8-16-44(34-46)42-14-7-15-43(33-42)45-17-9-19-47(35-45)56-61-54(40-12-3-1-4-13-40)60-55(62-56)41-26-24-39(25-27-41)48-20-11-31-59-37-48/h1,3-4,7-28,31-35,37H,2,5-6,29-30H2. The van der Waals surface area contributed by atoms with Crippen molar-refractivity contribution >= 4 is 0 Å². The number of pyridine rings is 1. The van der Waals surface area contributed by atoms with Crippen molar-refractivity contribution in [1.82, 2.24) is 19.9 Å². The van der Waals surface area contributed by atoms with Crippen molar-refractivity contribution in [3.8, 4) is 95.9 Å². The predicted octanol–water partition coefficient (Wildman–Crippen LogP) is 14.0. The van der Waals surface area contributed by atoms with E-state index in [2.05, 4.69) is 145 Å². The smallest absolute Gasteiger partial charge is 0.164 e. The molecule has 62 heavy (non-hydrogen) atoms. The molecular formula is C57H41N5. The summed E-state index contributed by atoms with van der Waals surface area (Å²) < 4.78 is 0. The summed E-state index contributed by atoms with van der Waals surface area (Å²) in [5.41, 5.74) is 17.8. The second-order valence-corrected chi connectivity index (χ2v) is 16.5. The lowest BCUT2D eigenvalue weighted by Crippen LogP contribution is -2.28. The van der Waals surface area contributed by atoms with E-state index in [9.17, 15) is 5.26 Å². The van der Waals surface area contributed by atoms with Crippen molar-refractivity contribution in [3.05, 3.63) is 205 Å². The topological polar surface area (TPSA) is 75.3 Å². The first-order valence-electron chi connectivity index (χ1n) is 21.5. The Labute approximate surface area is 362 Å². The molecule has 0 aliphatic heterocycles. The van der Waals surface area contributed by atoms with Crippen LogP contribution in [0.3, 0.4) is 0 Å². The van der Waals surface area contributed by atoms with E-state index in [0.29, 0.717) is 23.0 Å². The third-order valence-corrected chi connectivity index (χ3v) is 12.8. The molecule has 1 spiro atoms. The summed E-state index contributed by atoms with van der Waals surface area (Å²) in [7, 11) is 0. The number of benzene rings is 7. The maximum atomic E-state index is 9.93. The Morgan fingerprint density at radius 3 is 1.61 bits per heavy atom. The molecule has 5 heteroatoms. The molecule has 0 amide bonds. The highest BCUT2D eigenvalue weighted by Crippen LogP contribution is 2.58. The van der Waals surface area contributed by atoms with E-state index < -0.39 is 0 Å². The summed E-state index contributed by atoms with van der Waals surface area (Å²) in [6.45, 7) is 0. The van der Waals surface area contributed by atoms with Gasteiger partial charge in [-0.1, -0.05) is 159 Å². The fourth-order valence-corrected chi connectivity index (χ4v) is 9.84. The molecular weight excluding hydrogens is 755 g/mol. The number of hydrogen-bond acceptors (Lipinski definition) is 5. The zero-order valence-electron chi connectivity index (χ0n) is 34.2. The van der Waals surface area contributed by atoms with Gasteiger partial charge in [-0.05, 0) is 116 Å². The monoisotopic (exact) mass is 795 g/mol. The average Bonchev–Trinajstić information content (AvgIpc) is 3.62. The molecule has 2 aliphatic rings. The highest BCUT2D eigenvalue weighted by Gasteiger charge is 2.44. The largest absolute Gasteiger partial charge is 0.264 e. The van der Waals surface area contributed by atoms with Crippen LogP contribution in [0.25, 0.3) is 89.8 Å². The number of hydrogen-bond donors (Lipinski definition) is 0. The minimum atomic E-state index is 0.0195. The second-order valence-electron chi connectivity index (χ2n) is 16.5. The fourth-order valence-electron chi connectivity index (χ4n) is 9.84. The number of aromatic nitrogens is 4. The van der Waals surface area contributed by atoms with Crippen LogP contribution in [0.4, 0.5) is 0 Å². The number of nitriles is 1. The van der Waals surface area contributed by atoms with Crippen molar-refractivity contribution < 1.29 is 0 Å². The average molecular weight is 796 g/mol. The van der Waals surface area contributed by atoms with Crippen molar-refractivity contribution in [1.29, 1.82) is 5.26 Å². The van der Waals surface area contributed by atoms with E-state index in [1.165, 1.54) is 52.6 Å². The summed E-state index contributed by atoms with van der Waals surface area (Å²) in [6, 6.07) is 64.2. The van der Waals surface area contributed by atoms with E-state index >= 15 is 0 Å². The molecule has 0 saturated heterocycles. The van der Waals surface area contributed by atoms with Crippen LogP contribution < -0.4 is 0 Å². The Morgan fingerprint density at radius 2 is 0.952 bits per heavy atom. The lowest BCUT2D eigenvalue weighted by Gasteiger charge is -2.36. The summed E-state index contributed by atoms with van der Waals surface area (Å²) in [5, 5.41) is 9.93. The molecule has 0 atom stereocenters. The van der Waals surface area contributed by atoms with Gasteiger partial charge in [0.25, 0.3) is 0 Å². The van der Waals surface area contributed by atoms with Gasteiger partial charge in [0, 0.05) is 34.5 Å². The second kappa shape index (κ2) is 15.7. The minimum Gasteiger partial charge on any atom is -0.264 e. The van der Waals surface area contributed by atoms with Gasteiger partial charge in [0.15, 0.2) is 17.5 Å². The van der Waals surface area contributed by atoms with Crippen molar-refractivity contribution in [3.63, 3.8) is 0 Å². The van der Waals surface area contributed by atoms with Gasteiger partial charge in [0.05, 0.1) is 11.6 Å². The van der Waals surface area contributed by atoms with Gasteiger partial charge >= 0.3 is 0 Å². The van der Waals surface area contributed by atoms with Crippen LogP contribution in [0.5, 0.6) is 0 Å². The van der Waals surface area contributed by atoms with Crippen LogP contribution in [0.1, 0.15) is 48.8 Å². The summed E-state index contributed by atoms with van der Waals surface area (Å²) in [5.74, 6) is 1.86. The molecule has 0 radical (unpaired) electrons. The summed E-state index contributed by atoms with van der Waals surface area (Å²) >= 11 is 0. The molecule has 5 nitrogen and oxygen atoms in total.